The molecule has 1 aromatic carbocycles. The lowest BCUT2D eigenvalue weighted by atomic mass is 9.99. The molecule has 0 saturated heterocycles. The molecule has 0 bridgehead atoms. The summed E-state index contributed by atoms with van der Waals surface area (Å²) in [4.78, 5) is 21.0. The van der Waals surface area contributed by atoms with Crippen LogP contribution in [0, 0.1) is 0 Å². The zero-order valence-corrected chi connectivity index (χ0v) is 15.3. The van der Waals surface area contributed by atoms with Crippen molar-refractivity contribution in [1.29, 1.82) is 0 Å². The van der Waals surface area contributed by atoms with E-state index in [9.17, 15) is 9.36 Å². The Kier molecular flexibility index (Phi) is 6.61. The van der Waals surface area contributed by atoms with Crippen LogP contribution < -0.4 is 5.73 Å². The highest BCUT2D eigenvalue weighted by atomic mass is 31.2. The van der Waals surface area contributed by atoms with Gasteiger partial charge in [0.25, 0.3) is 0 Å². The number of rotatable bonds is 8. The molecule has 0 saturated carbocycles. The summed E-state index contributed by atoms with van der Waals surface area (Å²) in [5.74, 6) is -1.34. The number of carbonyl (C=O) groups is 1. The fourth-order valence-electron chi connectivity index (χ4n) is 2.41. The van der Waals surface area contributed by atoms with Gasteiger partial charge in [-0.3, -0.25) is 14.3 Å². The average Bonchev–Trinajstić information content (AvgIpc) is 2.65. The molecule has 0 aliphatic heterocycles. The number of nitrogens with zero attached hydrogens (tertiary/aromatic N) is 2. The van der Waals surface area contributed by atoms with Crippen LogP contribution in [0.2, 0.25) is 0 Å². The second kappa shape index (κ2) is 8.49. The second-order valence-electron chi connectivity index (χ2n) is 5.33. The van der Waals surface area contributed by atoms with Crippen LogP contribution in [-0.4, -0.2) is 49.0 Å². The number of hydrogen-bond acceptors (Lipinski definition) is 8. The van der Waals surface area contributed by atoms with Crippen LogP contribution in [0.4, 0.5) is 0 Å². The van der Waals surface area contributed by atoms with E-state index in [1.165, 1.54) is 20.4 Å². The van der Waals surface area contributed by atoms with Gasteiger partial charge in [-0.1, -0.05) is 12.1 Å². The maximum absolute atomic E-state index is 12.6. The molecule has 2 unspecified atom stereocenters. The van der Waals surface area contributed by atoms with Crippen LogP contribution in [0.15, 0.2) is 30.5 Å². The van der Waals surface area contributed by atoms with Crippen molar-refractivity contribution in [3.05, 3.63) is 36.2 Å². The SMILES string of the molecule is CCOC(=O)C(N)C(CP(=O)(OC)OC)c1cnc2ccccc2n1. The summed E-state index contributed by atoms with van der Waals surface area (Å²) < 4.78 is 27.6. The summed E-state index contributed by atoms with van der Waals surface area (Å²) in [5.41, 5.74) is 7.84. The third kappa shape index (κ3) is 4.61. The summed E-state index contributed by atoms with van der Waals surface area (Å²) in [6.07, 6.45) is 1.40. The van der Waals surface area contributed by atoms with Crippen molar-refractivity contribution < 1.29 is 23.1 Å². The molecule has 1 aromatic heterocycles. The van der Waals surface area contributed by atoms with E-state index in [0.29, 0.717) is 16.7 Å². The van der Waals surface area contributed by atoms with Gasteiger partial charge in [-0.25, -0.2) is 4.98 Å². The van der Waals surface area contributed by atoms with Crippen molar-refractivity contribution in [2.24, 2.45) is 5.73 Å². The lowest BCUT2D eigenvalue weighted by Crippen LogP contribution is -2.40. The molecule has 0 aliphatic carbocycles. The Morgan fingerprint density at radius 1 is 1.24 bits per heavy atom. The quantitative estimate of drug-likeness (QED) is 0.557. The van der Waals surface area contributed by atoms with Gasteiger partial charge in [-0.05, 0) is 19.1 Å². The first-order valence-corrected chi connectivity index (χ1v) is 9.51. The van der Waals surface area contributed by atoms with Crippen LogP contribution in [0.3, 0.4) is 0 Å². The maximum atomic E-state index is 12.6. The minimum Gasteiger partial charge on any atom is -0.465 e. The molecule has 2 atom stereocenters. The van der Waals surface area contributed by atoms with Crippen molar-refractivity contribution in [2.75, 3.05) is 27.0 Å². The number of benzene rings is 1. The first-order chi connectivity index (χ1) is 11.9. The second-order valence-corrected chi connectivity index (χ2v) is 7.64. The van der Waals surface area contributed by atoms with Crippen molar-refractivity contribution in [1.82, 2.24) is 9.97 Å². The van der Waals surface area contributed by atoms with Crippen LogP contribution in [0.25, 0.3) is 11.0 Å². The molecule has 0 amide bonds. The van der Waals surface area contributed by atoms with E-state index >= 15 is 0 Å². The van der Waals surface area contributed by atoms with Gasteiger partial charge in [0.05, 0.1) is 29.5 Å². The van der Waals surface area contributed by atoms with E-state index in [-0.39, 0.29) is 12.8 Å². The zero-order valence-electron chi connectivity index (χ0n) is 14.4. The van der Waals surface area contributed by atoms with Gasteiger partial charge in [0, 0.05) is 26.3 Å². The highest BCUT2D eigenvalue weighted by molar-refractivity contribution is 7.53. The number of ether oxygens (including phenoxy) is 1. The van der Waals surface area contributed by atoms with E-state index in [1.807, 2.05) is 18.2 Å². The summed E-state index contributed by atoms with van der Waals surface area (Å²) in [7, 11) is -0.869. The first-order valence-electron chi connectivity index (χ1n) is 7.78. The summed E-state index contributed by atoms with van der Waals surface area (Å²) in [6, 6.07) is 6.22. The third-order valence-corrected chi connectivity index (χ3v) is 5.77. The molecule has 0 spiro atoms. The number of fused-ring (bicyclic) bond motifs is 1. The molecular weight excluding hydrogens is 345 g/mol. The zero-order chi connectivity index (χ0) is 18.4. The molecule has 8 nitrogen and oxygen atoms in total. The molecule has 25 heavy (non-hydrogen) atoms. The minimum absolute atomic E-state index is 0.118. The first kappa shape index (κ1) is 19.5. The van der Waals surface area contributed by atoms with Gasteiger partial charge in [0.2, 0.25) is 0 Å². The summed E-state index contributed by atoms with van der Waals surface area (Å²) >= 11 is 0. The molecule has 0 fully saturated rings. The largest absolute Gasteiger partial charge is 0.465 e. The predicted octanol–water partition coefficient (Wildman–Crippen LogP) is 2.09. The lowest BCUT2D eigenvalue weighted by molar-refractivity contribution is -0.145. The van der Waals surface area contributed by atoms with Gasteiger partial charge in [-0.15, -0.1) is 0 Å². The van der Waals surface area contributed by atoms with Crippen molar-refractivity contribution in [3.63, 3.8) is 0 Å². The summed E-state index contributed by atoms with van der Waals surface area (Å²) in [6.45, 7) is 1.87. The number of para-hydroxylation sites is 2. The van der Waals surface area contributed by atoms with Gasteiger partial charge in [0.1, 0.15) is 6.04 Å². The van der Waals surface area contributed by atoms with E-state index in [1.54, 1.807) is 13.0 Å². The van der Waals surface area contributed by atoms with Crippen LogP contribution in [0.5, 0.6) is 0 Å². The standard InChI is InChI=1S/C16H22N3O5P/c1-4-24-16(20)15(17)11(10-25(21,22-2)23-3)14-9-18-12-7-5-6-8-13(12)19-14/h5-9,11,15H,4,10,17H2,1-3H3. The average molecular weight is 367 g/mol. The fraction of sp³-hybridized carbons (Fsp3) is 0.438. The molecular formula is C16H22N3O5P. The Labute approximate surface area is 146 Å². The van der Waals surface area contributed by atoms with Gasteiger partial charge < -0.3 is 19.5 Å². The molecule has 9 heteroatoms. The Morgan fingerprint density at radius 2 is 1.88 bits per heavy atom. The van der Waals surface area contributed by atoms with Gasteiger partial charge in [-0.2, -0.15) is 0 Å². The molecule has 136 valence electrons. The highest BCUT2D eigenvalue weighted by Crippen LogP contribution is 2.50. The molecule has 0 aliphatic rings. The molecule has 0 radical (unpaired) electrons. The van der Waals surface area contributed by atoms with E-state index < -0.39 is 25.5 Å². The Hall–Kier alpha value is -1.86. The third-order valence-electron chi connectivity index (χ3n) is 3.82. The molecule has 2 aromatic rings. The lowest BCUT2D eigenvalue weighted by Gasteiger charge is -2.25. The van der Waals surface area contributed by atoms with E-state index in [2.05, 4.69) is 9.97 Å². The van der Waals surface area contributed by atoms with Crippen molar-refractivity contribution in [3.8, 4) is 0 Å². The Bertz CT molecular complexity index is 777. The Morgan fingerprint density at radius 3 is 2.48 bits per heavy atom. The highest BCUT2D eigenvalue weighted by Gasteiger charge is 2.36. The van der Waals surface area contributed by atoms with Crippen molar-refractivity contribution >= 4 is 24.6 Å². The van der Waals surface area contributed by atoms with Gasteiger partial charge >= 0.3 is 13.6 Å². The smallest absolute Gasteiger partial charge is 0.330 e. The Balaban J connectivity index is 2.44. The fourth-order valence-corrected chi connectivity index (χ4v) is 3.75. The maximum Gasteiger partial charge on any atom is 0.330 e. The number of aromatic nitrogens is 2. The molecule has 2 rings (SSSR count). The number of hydrogen-bond donors (Lipinski definition) is 1. The van der Waals surface area contributed by atoms with Crippen LogP contribution in [0.1, 0.15) is 18.5 Å². The number of carbonyl (C=O) groups excluding carboxylic acids is 1. The molecule has 2 N–H and O–H groups in total. The van der Waals surface area contributed by atoms with Crippen LogP contribution in [-0.2, 0) is 23.1 Å². The van der Waals surface area contributed by atoms with E-state index in [4.69, 9.17) is 19.5 Å². The summed E-state index contributed by atoms with van der Waals surface area (Å²) in [5, 5.41) is 0. The predicted molar refractivity (Wildman–Crippen MR) is 93.4 cm³/mol. The number of nitrogens with two attached hydrogens (primary N) is 1. The van der Waals surface area contributed by atoms with E-state index in [0.717, 1.165) is 0 Å². The van der Waals surface area contributed by atoms with Crippen LogP contribution >= 0.6 is 7.60 Å². The van der Waals surface area contributed by atoms with Gasteiger partial charge in [0.15, 0.2) is 0 Å². The topological polar surface area (TPSA) is 114 Å². The monoisotopic (exact) mass is 367 g/mol. The normalized spacial score (nSPS) is 14.2. The minimum atomic E-state index is -3.43. The van der Waals surface area contributed by atoms with Crippen molar-refractivity contribution in [2.45, 2.75) is 18.9 Å². The number of esters is 1. The molecule has 1 heterocycles.